The van der Waals surface area contributed by atoms with Crippen LogP contribution in [-0.2, 0) is 9.53 Å². The van der Waals surface area contributed by atoms with Crippen LogP contribution in [0.2, 0.25) is 0 Å². The lowest BCUT2D eigenvalue weighted by Gasteiger charge is -2.32. The van der Waals surface area contributed by atoms with E-state index in [4.69, 9.17) is 14.5 Å². The molecule has 0 aliphatic carbocycles. The Hall–Kier alpha value is -4.31. The van der Waals surface area contributed by atoms with Crippen LogP contribution in [0.3, 0.4) is 0 Å². The quantitative estimate of drug-likeness (QED) is 0.363. The lowest BCUT2D eigenvalue weighted by molar-refractivity contribution is -0.133. The summed E-state index contributed by atoms with van der Waals surface area (Å²) in [4.78, 5) is 43.0. The van der Waals surface area contributed by atoms with Gasteiger partial charge in [0.2, 0.25) is 11.8 Å². The van der Waals surface area contributed by atoms with E-state index in [2.05, 4.69) is 32.4 Å². The molecule has 4 aromatic rings. The number of methoxy groups -OCH3 is 2. The molecule has 196 valence electrons. The Balaban J connectivity index is 1.36. The molecule has 1 aliphatic heterocycles. The predicted molar refractivity (Wildman–Crippen MR) is 145 cm³/mol. The number of anilines is 2. The molecular weight excluding hydrogens is 484 g/mol. The van der Waals surface area contributed by atoms with E-state index < -0.39 is 0 Å². The Kier molecular flexibility index (Phi) is 7.60. The Labute approximate surface area is 220 Å². The van der Waals surface area contributed by atoms with E-state index in [1.807, 2.05) is 29.2 Å². The minimum atomic E-state index is -0.232. The van der Waals surface area contributed by atoms with Crippen LogP contribution in [0.1, 0.15) is 30.7 Å². The Morgan fingerprint density at radius 3 is 2.61 bits per heavy atom. The number of amides is 1. The molecular formula is C28H30N6O4. The Morgan fingerprint density at radius 2 is 1.87 bits per heavy atom. The van der Waals surface area contributed by atoms with Gasteiger partial charge in [-0.15, -0.1) is 0 Å². The highest BCUT2D eigenvalue weighted by Gasteiger charge is 2.23. The van der Waals surface area contributed by atoms with Crippen LogP contribution in [-0.4, -0.2) is 64.7 Å². The van der Waals surface area contributed by atoms with Crippen molar-refractivity contribution in [1.29, 1.82) is 0 Å². The third-order valence-corrected chi connectivity index (χ3v) is 6.85. The fraction of sp³-hybridized carbons (Fsp3) is 0.321. The van der Waals surface area contributed by atoms with Crippen molar-refractivity contribution in [3.8, 4) is 17.3 Å². The number of hydrogen-bond acceptors (Lipinski definition) is 8. The number of nitrogens with zero attached hydrogens (tertiary/aromatic N) is 4. The maximum Gasteiger partial charge on any atom is 0.259 e. The molecule has 0 spiro atoms. The molecule has 0 atom stereocenters. The van der Waals surface area contributed by atoms with Crippen molar-refractivity contribution in [1.82, 2.24) is 24.8 Å². The maximum atomic E-state index is 12.7. The minimum Gasteiger partial charge on any atom is -0.480 e. The van der Waals surface area contributed by atoms with E-state index in [-0.39, 0.29) is 11.5 Å². The van der Waals surface area contributed by atoms with Crippen LogP contribution < -0.4 is 15.6 Å². The number of aromatic amines is 1. The summed E-state index contributed by atoms with van der Waals surface area (Å²) in [6, 6.07) is 11.8. The topological polar surface area (TPSA) is 122 Å². The van der Waals surface area contributed by atoms with E-state index >= 15 is 0 Å². The standard InChI is InChI=1S/C28H30N6O4/c1-37-14-10-25(35)34-12-8-19(9-13-34)18-3-5-21(6-4-18)31-27-26-20(7-11-30-28(26)36)15-22(33-27)23-16-29-17-24(32-23)38-2/h3-7,11,15-17,19H,8-10,12-14H2,1-2H3,(H,30,36)(H,31,33). The smallest absolute Gasteiger partial charge is 0.259 e. The Bertz CT molecular complexity index is 1480. The third-order valence-electron chi connectivity index (χ3n) is 6.85. The van der Waals surface area contributed by atoms with E-state index in [0.717, 1.165) is 37.0 Å². The molecule has 1 amide bonds. The van der Waals surface area contributed by atoms with Crippen LogP contribution in [0.15, 0.2) is 59.8 Å². The van der Waals surface area contributed by atoms with Gasteiger partial charge in [0, 0.05) is 32.1 Å². The molecule has 0 radical (unpaired) electrons. The summed E-state index contributed by atoms with van der Waals surface area (Å²) in [7, 11) is 3.14. The first-order valence-electron chi connectivity index (χ1n) is 12.6. The highest BCUT2D eigenvalue weighted by Crippen LogP contribution is 2.31. The van der Waals surface area contributed by atoms with Gasteiger partial charge in [-0.2, -0.15) is 0 Å². The van der Waals surface area contributed by atoms with Gasteiger partial charge >= 0.3 is 0 Å². The molecule has 0 saturated carbocycles. The van der Waals surface area contributed by atoms with E-state index in [1.165, 1.54) is 18.9 Å². The third kappa shape index (κ3) is 5.50. The van der Waals surface area contributed by atoms with Gasteiger partial charge in [-0.05, 0) is 54.0 Å². The van der Waals surface area contributed by atoms with Crippen molar-refractivity contribution in [3.05, 3.63) is 70.9 Å². The number of H-pyrrole nitrogens is 1. The molecule has 10 nitrogen and oxygen atoms in total. The lowest BCUT2D eigenvalue weighted by atomic mass is 9.89. The van der Waals surface area contributed by atoms with Crippen LogP contribution >= 0.6 is 0 Å². The molecule has 5 rings (SSSR count). The zero-order valence-corrected chi connectivity index (χ0v) is 21.4. The summed E-state index contributed by atoms with van der Waals surface area (Å²) in [5, 5.41) is 4.51. The molecule has 38 heavy (non-hydrogen) atoms. The summed E-state index contributed by atoms with van der Waals surface area (Å²) >= 11 is 0. The maximum absolute atomic E-state index is 12.7. The Morgan fingerprint density at radius 1 is 1.08 bits per heavy atom. The zero-order chi connectivity index (χ0) is 26.5. The average Bonchev–Trinajstić information content (AvgIpc) is 2.96. The fourth-order valence-corrected chi connectivity index (χ4v) is 4.79. The second-order valence-corrected chi connectivity index (χ2v) is 9.22. The number of rotatable bonds is 8. The van der Waals surface area contributed by atoms with E-state index in [1.54, 1.807) is 19.5 Å². The summed E-state index contributed by atoms with van der Waals surface area (Å²) in [5.74, 6) is 1.36. The monoisotopic (exact) mass is 514 g/mol. The van der Waals surface area contributed by atoms with Gasteiger partial charge in [0.1, 0.15) is 11.5 Å². The van der Waals surface area contributed by atoms with Gasteiger partial charge in [0.15, 0.2) is 0 Å². The first-order chi connectivity index (χ1) is 18.6. The summed E-state index contributed by atoms with van der Waals surface area (Å²) in [5.41, 5.74) is 2.92. The number of piperidine rings is 1. The number of aromatic nitrogens is 4. The average molecular weight is 515 g/mol. The molecule has 1 aromatic carbocycles. The fourth-order valence-electron chi connectivity index (χ4n) is 4.79. The van der Waals surface area contributed by atoms with Crippen molar-refractivity contribution >= 4 is 28.2 Å². The van der Waals surface area contributed by atoms with Gasteiger partial charge < -0.3 is 24.7 Å². The van der Waals surface area contributed by atoms with E-state index in [9.17, 15) is 9.59 Å². The highest BCUT2D eigenvalue weighted by molar-refractivity contribution is 5.94. The van der Waals surface area contributed by atoms with Gasteiger partial charge in [0.05, 0.1) is 43.6 Å². The summed E-state index contributed by atoms with van der Waals surface area (Å²) < 4.78 is 10.2. The largest absolute Gasteiger partial charge is 0.480 e. The van der Waals surface area contributed by atoms with Crippen LogP contribution in [0.25, 0.3) is 22.2 Å². The molecule has 4 heterocycles. The van der Waals surface area contributed by atoms with Crippen molar-refractivity contribution in [3.63, 3.8) is 0 Å². The first kappa shape index (κ1) is 25.3. The number of carbonyl (C=O) groups excluding carboxylic acids is 1. The lowest BCUT2D eigenvalue weighted by Crippen LogP contribution is -2.38. The summed E-state index contributed by atoms with van der Waals surface area (Å²) in [6.45, 7) is 1.97. The second-order valence-electron chi connectivity index (χ2n) is 9.22. The SMILES string of the molecule is COCCC(=O)N1CCC(c2ccc(Nc3nc(-c4cncc(OC)n4)cc4cc[nH]c(=O)c34)cc2)CC1. The number of nitrogens with one attached hydrogen (secondary N) is 2. The molecule has 2 N–H and O–H groups in total. The van der Waals surface area contributed by atoms with Crippen molar-refractivity contribution < 1.29 is 14.3 Å². The number of ether oxygens (including phenoxy) is 2. The van der Waals surface area contributed by atoms with Crippen LogP contribution in [0, 0.1) is 0 Å². The van der Waals surface area contributed by atoms with Gasteiger partial charge in [0.25, 0.3) is 5.56 Å². The van der Waals surface area contributed by atoms with E-state index in [0.29, 0.717) is 47.4 Å². The molecule has 0 bridgehead atoms. The normalized spacial score (nSPS) is 14.0. The minimum absolute atomic E-state index is 0.154. The number of hydrogen-bond donors (Lipinski definition) is 2. The number of likely N-dealkylation sites (tertiary alicyclic amines) is 1. The molecule has 1 aliphatic rings. The molecule has 10 heteroatoms. The molecule has 1 saturated heterocycles. The number of carbonyl (C=O) groups is 1. The second kappa shape index (κ2) is 11.4. The molecule has 0 unspecified atom stereocenters. The number of fused-ring (bicyclic) bond motifs is 1. The number of pyridine rings is 2. The van der Waals surface area contributed by atoms with Crippen LogP contribution in [0.5, 0.6) is 5.88 Å². The highest BCUT2D eigenvalue weighted by atomic mass is 16.5. The van der Waals surface area contributed by atoms with Crippen molar-refractivity contribution in [2.75, 3.05) is 39.2 Å². The van der Waals surface area contributed by atoms with Gasteiger partial charge in [-0.25, -0.2) is 9.97 Å². The molecule has 1 fully saturated rings. The van der Waals surface area contributed by atoms with Crippen molar-refractivity contribution in [2.24, 2.45) is 0 Å². The van der Waals surface area contributed by atoms with Gasteiger partial charge in [-0.3, -0.25) is 14.6 Å². The summed E-state index contributed by atoms with van der Waals surface area (Å²) in [6.07, 6.45) is 7.03. The molecule has 3 aromatic heterocycles. The predicted octanol–water partition coefficient (Wildman–Crippen LogP) is 3.87. The van der Waals surface area contributed by atoms with Crippen LogP contribution in [0.4, 0.5) is 11.5 Å². The zero-order valence-electron chi connectivity index (χ0n) is 21.4. The van der Waals surface area contributed by atoms with Crippen molar-refractivity contribution in [2.45, 2.75) is 25.2 Å². The number of benzene rings is 1. The van der Waals surface area contributed by atoms with Gasteiger partial charge in [-0.1, -0.05) is 12.1 Å². The first-order valence-corrected chi connectivity index (χ1v) is 12.6.